The number of carbonyl (C=O) groups is 1. The summed E-state index contributed by atoms with van der Waals surface area (Å²) in [4.78, 5) is 24.0. The lowest BCUT2D eigenvalue weighted by Gasteiger charge is -2.33. The molecule has 146 valence electrons. The van der Waals surface area contributed by atoms with Crippen LogP contribution in [0, 0.1) is 5.92 Å². The van der Waals surface area contributed by atoms with Gasteiger partial charge in [-0.25, -0.2) is 9.99 Å². The van der Waals surface area contributed by atoms with Crippen molar-refractivity contribution in [3.63, 3.8) is 0 Å². The number of amides is 1. The molecule has 0 spiro atoms. The summed E-state index contributed by atoms with van der Waals surface area (Å²) in [7, 11) is 0. The summed E-state index contributed by atoms with van der Waals surface area (Å²) in [6.45, 7) is 4.01. The van der Waals surface area contributed by atoms with Crippen molar-refractivity contribution in [2.24, 2.45) is 11.0 Å². The number of hydrogen-bond donors (Lipinski definition) is 0. The van der Waals surface area contributed by atoms with Gasteiger partial charge in [-0.3, -0.25) is 4.79 Å². The third-order valence-corrected chi connectivity index (χ3v) is 5.28. The van der Waals surface area contributed by atoms with Gasteiger partial charge in [0.1, 0.15) is 0 Å². The van der Waals surface area contributed by atoms with Gasteiger partial charge in [0.15, 0.2) is 0 Å². The van der Waals surface area contributed by atoms with Gasteiger partial charge in [-0.15, -0.1) is 0 Å². The predicted molar refractivity (Wildman–Crippen MR) is 107 cm³/mol. The first-order valence-corrected chi connectivity index (χ1v) is 9.87. The number of hydrogen-bond acceptors (Lipinski definition) is 6. The Labute approximate surface area is 165 Å². The normalized spacial score (nSPS) is 19.8. The van der Waals surface area contributed by atoms with Crippen molar-refractivity contribution in [3.05, 3.63) is 48.2 Å². The van der Waals surface area contributed by atoms with Crippen LogP contribution >= 0.6 is 0 Å². The molecule has 7 heteroatoms. The van der Waals surface area contributed by atoms with Gasteiger partial charge in [0, 0.05) is 43.9 Å². The Kier molecular flexibility index (Phi) is 5.50. The lowest BCUT2D eigenvalue weighted by atomic mass is 9.94. The number of rotatable bonds is 5. The molecule has 0 saturated carbocycles. The Morgan fingerprint density at radius 1 is 1.18 bits per heavy atom. The minimum Gasteiger partial charge on any atom is -0.478 e. The van der Waals surface area contributed by atoms with Gasteiger partial charge in [0.25, 0.3) is 0 Å². The maximum absolute atomic E-state index is 13.1. The summed E-state index contributed by atoms with van der Waals surface area (Å²) in [6, 6.07) is 11.9. The monoisotopic (exact) mass is 379 g/mol. The van der Waals surface area contributed by atoms with Crippen molar-refractivity contribution in [2.45, 2.75) is 32.2 Å². The zero-order valence-electron chi connectivity index (χ0n) is 16.1. The highest BCUT2D eigenvalue weighted by molar-refractivity contribution is 5.82. The summed E-state index contributed by atoms with van der Waals surface area (Å²) in [5.41, 5.74) is 1.13. The first-order chi connectivity index (χ1) is 13.8. The Morgan fingerprint density at radius 2 is 1.96 bits per heavy atom. The Morgan fingerprint density at radius 3 is 2.71 bits per heavy atom. The highest BCUT2D eigenvalue weighted by Crippen LogP contribution is 2.32. The van der Waals surface area contributed by atoms with Gasteiger partial charge < -0.3 is 9.64 Å². The van der Waals surface area contributed by atoms with Crippen LogP contribution in [0.3, 0.4) is 0 Å². The van der Waals surface area contributed by atoms with Gasteiger partial charge >= 0.3 is 0 Å². The van der Waals surface area contributed by atoms with Gasteiger partial charge in [0.2, 0.25) is 17.7 Å². The van der Waals surface area contributed by atoms with E-state index in [1.54, 1.807) is 17.3 Å². The third kappa shape index (κ3) is 3.83. The third-order valence-electron chi connectivity index (χ3n) is 5.28. The fourth-order valence-corrected chi connectivity index (χ4v) is 3.80. The number of hydrazone groups is 1. The molecule has 0 radical (unpaired) electrons. The molecule has 7 nitrogen and oxygen atoms in total. The summed E-state index contributed by atoms with van der Waals surface area (Å²) in [6.07, 6.45) is 5.88. The molecule has 28 heavy (non-hydrogen) atoms. The highest BCUT2D eigenvalue weighted by Gasteiger charge is 2.35. The maximum Gasteiger partial charge on any atom is 0.246 e. The average Bonchev–Trinajstić information content (AvgIpc) is 3.24. The van der Waals surface area contributed by atoms with Crippen LogP contribution in [0.4, 0.5) is 5.95 Å². The van der Waals surface area contributed by atoms with Crippen molar-refractivity contribution in [1.29, 1.82) is 0 Å². The van der Waals surface area contributed by atoms with Gasteiger partial charge in [-0.1, -0.05) is 30.3 Å². The fourth-order valence-electron chi connectivity index (χ4n) is 3.80. The summed E-state index contributed by atoms with van der Waals surface area (Å²) < 4.78 is 5.46. The van der Waals surface area contributed by atoms with Crippen molar-refractivity contribution in [1.82, 2.24) is 15.0 Å². The molecule has 1 unspecified atom stereocenters. The molecular weight excluding hydrogens is 354 g/mol. The van der Waals surface area contributed by atoms with Crippen molar-refractivity contribution < 1.29 is 9.53 Å². The smallest absolute Gasteiger partial charge is 0.246 e. The molecule has 0 bridgehead atoms. The second-order valence-electron chi connectivity index (χ2n) is 7.03. The molecule has 1 aromatic heterocycles. The van der Waals surface area contributed by atoms with Crippen molar-refractivity contribution in [2.75, 3.05) is 24.6 Å². The molecule has 1 saturated heterocycles. The van der Waals surface area contributed by atoms with Crippen LogP contribution in [0.15, 0.2) is 47.7 Å². The van der Waals surface area contributed by atoms with E-state index >= 15 is 0 Å². The quantitative estimate of drug-likeness (QED) is 0.798. The van der Waals surface area contributed by atoms with Crippen molar-refractivity contribution >= 4 is 18.1 Å². The van der Waals surface area contributed by atoms with E-state index in [1.807, 2.05) is 31.3 Å². The van der Waals surface area contributed by atoms with Crippen molar-refractivity contribution in [3.8, 4) is 5.88 Å². The summed E-state index contributed by atoms with van der Waals surface area (Å²) >= 11 is 0. The van der Waals surface area contributed by atoms with Gasteiger partial charge in [-0.2, -0.15) is 10.1 Å². The molecule has 0 aliphatic carbocycles. The van der Waals surface area contributed by atoms with Crippen LogP contribution in [-0.4, -0.2) is 46.8 Å². The molecule has 1 amide bonds. The Bertz CT molecular complexity index is 834. The predicted octanol–water partition coefficient (Wildman–Crippen LogP) is 3.05. The maximum atomic E-state index is 13.1. The SMILES string of the molecule is CCOc1ccnc(N2CCC(C(=O)N3N=CCC3c3ccccc3)CC2)n1. The Hall–Kier alpha value is -2.96. The molecular formula is C21H25N5O2. The highest BCUT2D eigenvalue weighted by atomic mass is 16.5. The van der Waals surface area contributed by atoms with E-state index in [-0.39, 0.29) is 17.9 Å². The number of nitrogens with zero attached hydrogens (tertiary/aromatic N) is 5. The second-order valence-corrected chi connectivity index (χ2v) is 7.03. The zero-order chi connectivity index (χ0) is 19.3. The molecule has 2 aromatic rings. The average molecular weight is 379 g/mol. The largest absolute Gasteiger partial charge is 0.478 e. The van der Waals surface area contributed by atoms with E-state index in [0.717, 1.165) is 37.9 Å². The number of piperidine rings is 1. The van der Waals surface area contributed by atoms with E-state index in [0.29, 0.717) is 18.4 Å². The Balaban J connectivity index is 1.39. The van der Waals surface area contributed by atoms with Gasteiger partial charge in [-0.05, 0) is 25.3 Å². The minimum absolute atomic E-state index is 0.0120. The first-order valence-electron chi connectivity index (χ1n) is 9.87. The zero-order valence-corrected chi connectivity index (χ0v) is 16.1. The number of benzene rings is 1. The van der Waals surface area contributed by atoms with Crippen LogP contribution in [0.25, 0.3) is 0 Å². The van der Waals surface area contributed by atoms with Gasteiger partial charge in [0.05, 0.1) is 12.6 Å². The van der Waals surface area contributed by atoms with E-state index in [1.165, 1.54) is 0 Å². The van der Waals surface area contributed by atoms with E-state index in [9.17, 15) is 4.79 Å². The molecule has 1 fully saturated rings. The fraction of sp³-hybridized carbons (Fsp3) is 0.429. The number of anilines is 1. The van der Waals surface area contributed by atoms with E-state index < -0.39 is 0 Å². The number of ether oxygens (including phenoxy) is 1. The molecule has 2 aliphatic rings. The molecule has 2 aliphatic heterocycles. The second kappa shape index (κ2) is 8.37. The van der Waals surface area contributed by atoms with Crippen LogP contribution in [0.2, 0.25) is 0 Å². The van der Waals surface area contributed by atoms with E-state index in [2.05, 4.69) is 32.1 Å². The molecule has 3 heterocycles. The number of aromatic nitrogens is 2. The molecule has 4 rings (SSSR count). The first kappa shape index (κ1) is 18.4. The lowest BCUT2D eigenvalue weighted by Crippen LogP contribution is -2.41. The van der Waals surface area contributed by atoms with Crippen LogP contribution in [0.5, 0.6) is 5.88 Å². The summed E-state index contributed by atoms with van der Waals surface area (Å²) in [5, 5.41) is 6.06. The minimum atomic E-state index is -0.0206. The van der Waals surface area contributed by atoms with Crippen LogP contribution in [-0.2, 0) is 4.79 Å². The standard InChI is InChI=1S/C21H25N5O2/c1-2-28-19-9-12-22-21(24-19)25-14-10-17(11-15-25)20(27)26-18(8-13-23-26)16-6-4-3-5-7-16/h3-7,9,12-13,17-18H,2,8,10-11,14-15H2,1H3. The molecule has 0 N–H and O–H groups in total. The molecule has 1 atom stereocenters. The number of carbonyl (C=O) groups excluding carboxylic acids is 1. The van der Waals surface area contributed by atoms with Crippen LogP contribution in [0.1, 0.15) is 37.8 Å². The summed E-state index contributed by atoms with van der Waals surface area (Å²) in [5.74, 6) is 1.35. The topological polar surface area (TPSA) is 70.9 Å². The lowest BCUT2D eigenvalue weighted by molar-refractivity contribution is -0.138. The molecule has 1 aromatic carbocycles. The van der Waals surface area contributed by atoms with Crippen LogP contribution < -0.4 is 9.64 Å². The van der Waals surface area contributed by atoms with E-state index in [4.69, 9.17) is 4.74 Å².